The van der Waals surface area contributed by atoms with Crippen molar-refractivity contribution in [2.75, 3.05) is 6.54 Å². The van der Waals surface area contributed by atoms with Crippen molar-refractivity contribution in [3.05, 3.63) is 0 Å². The van der Waals surface area contributed by atoms with E-state index in [0.717, 1.165) is 13.0 Å². The summed E-state index contributed by atoms with van der Waals surface area (Å²) in [5.41, 5.74) is 0. The highest BCUT2D eigenvalue weighted by atomic mass is 16.1. The lowest BCUT2D eigenvalue weighted by Gasteiger charge is -2.26. The van der Waals surface area contributed by atoms with Gasteiger partial charge in [0.25, 0.3) is 0 Å². The van der Waals surface area contributed by atoms with Crippen LogP contribution < -0.4 is 10.6 Å². The molecule has 0 saturated carbocycles. The van der Waals surface area contributed by atoms with Crippen LogP contribution >= 0.6 is 0 Å². The van der Waals surface area contributed by atoms with Gasteiger partial charge in [0.2, 0.25) is 5.91 Å². The summed E-state index contributed by atoms with van der Waals surface area (Å²) in [5, 5.41) is 6.40. The van der Waals surface area contributed by atoms with Gasteiger partial charge in [0.15, 0.2) is 0 Å². The van der Waals surface area contributed by atoms with Crippen LogP contribution in [0.25, 0.3) is 0 Å². The van der Waals surface area contributed by atoms with E-state index in [2.05, 4.69) is 24.5 Å². The maximum atomic E-state index is 10.9. The number of rotatable bonds is 4. The van der Waals surface area contributed by atoms with Crippen LogP contribution in [0.15, 0.2) is 0 Å². The first-order valence-electron chi connectivity index (χ1n) is 5.25. The van der Waals surface area contributed by atoms with Crippen LogP contribution in [0.2, 0.25) is 0 Å². The molecule has 1 aliphatic heterocycles. The number of carbonyl (C=O) groups is 1. The van der Waals surface area contributed by atoms with Crippen molar-refractivity contribution in [1.29, 1.82) is 0 Å². The van der Waals surface area contributed by atoms with Crippen LogP contribution in [-0.4, -0.2) is 24.5 Å². The first-order chi connectivity index (χ1) is 6.22. The number of amides is 1. The van der Waals surface area contributed by atoms with Crippen LogP contribution in [0, 0.1) is 0 Å². The summed E-state index contributed by atoms with van der Waals surface area (Å²) in [7, 11) is 0. The summed E-state index contributed by atoms with van der Waals surface area (Å²) in [4.78, 5) is 10.9. The molecule has 3 nitrogen and oxygen atoms in total. The molecule has 0 aliphatic carbocycles. The van der Waals surface area contributed by atoms with E-state index >= 15 is 0 Å². The van der Waals surface area contributed by atoms with Gasteiger partial charge in [-0.2, -0.15) is 0 Å². The van der Waals surface area contributed by atoms with Crippen molar-refractivity contribution >= 4 is 5.91 Å². The van der Waals surface area contributed by atoms with Gasteiger partial charge in [-0.05, 0) is 19.8 Å². The summed E-state index contributed by atoms with van der Waals surface area (Å²) in [6.45, 7) is 5.20. The molecule has 2 atom stereocenters. The average Bonchev–Trinajstić information content (AvgIpc) is 2.09. The highest BCUT2D eigenvalue weighted by molar-refractivity contribution is 5.76. The van der Waals surface area contributed by atoms with Gasteiger partial charge < -0.3 is 10.6 Å². The van der Waals surface area contributed by atoms with E-state index in [9.17, 15) is 4.79 Å². The monoisotopic (exact) mass is 184 g/mol. The first kappa shape index (κ1) is 10.5. The van der Waals surface area contributed by atoms with E-state index in [0.29, 0.717) is 18.5 Å². The molecular weight excluding hydrogens is 164 g/mol. The Bertz CT molecular complexity index is 160. The highest BCUT2D eigenvalue weighted by Crippen LogP contribution is 2.05. The summed E-state index contributed by atoms with van der Waals surface area (Å²) < 4.78 is 0. The normalized spacial score (nSPS) is 25.4. The number of carbonyl (C=O) groups excluding carboxylic acids is 1. The van der Waals surface area contributed by atoms with Crippen molar-refractivity contribution in [2.45, 2.75) is 51.6 Å². The van der Waals surface area contributed by atoms with Gasteiger partial charge >= 0.3 is 0 Å². The minimum atomic E-state index is 0.196. The van der Waals surface area contributed by atoms with E-state index in [1.165, 1.54) is 12.8 Å². The molecule has 1 heterocycles. The third kappa shape index (κ3) is 3.77. The zero-order valence-corrected chi connectivity index (χ0v) is 8.60. The lowest BCUT2D eigenvalue weighted by molar-refractivity contribution is -0.122. The van der Waals surface area contributed by atoms with Gasteiger partial charge in [0, 0.05) is 25.0 Å². The van der Waals surface area contributed by atoms with Crippen LogP contribution in [0.1, 0.15) is 39.5 Å². The molecule has 1 rings (SSSR count). The SMILES string of the molecule is CCCC(C)NC1CCC(=O)NC1. The third-order valence-electron chi connectivity index (χ3n) is 2.51. The molecular formula is C10H20N2O. The number of hydrogen-bond donors (Lipinski definition) is 2. The molecule has 1 fully saturated rings. The Kier molecular flexibility index (Phi) is 4.22. The lowest BCUT2D eigenvalue weighted by atomic mass is 10.1. The number of nitrogens with one attached hydrogen (secondary N) is 2. The predicted octanol–water partition coefficient (Wildman–Crippen LogP) is 1.04. The molecule has 0 radical (unpaired) electrons. The Morgan fingerprint density at radius 1 is 1.69 bits per heavy atom. The van der Waals surface area contributed by atoms with Gasteiger partial charge in [-0.15, -0.1) is 0 Å². The second-order valence-corrected chi connectivity index (χ2v) is 3.90. The maximum absolute atomic E-state index is 10.9. The van der Waals surface area contributed by atoms with E-state index in [1.54, 1.807) is 0 Å². The molecule has 1 aliphatic rings. The zero-order chi connectivity index (χ0) is 9.68. The fourth-order valence-corrected chi connectivity index (χ4v) is 1.79. The lowest BCUT2D eigenvalue weighted by Crippen LogP contribution is -2.48. The van der Waals surface area contributed by atoms with Crippen molar-refractivity contribution in [3.8, 4) is 0 Å². The van der Waals surface area contributed by atoms with Gasteiger partial charge in [0.1, 0.15) is 0 Å². The topological polar surface area (TPSA) is 41.1 Å². The second-order valence-electron chi connectivity index (χ2n) is 3.90. The van der Waals surface area contributed by atoms with Crippen LogP contribution in [0.3, 0.4) is 0 Å². The molecule has 0 spiro atoms. The zero-order valence-electron chi connectivity index (χ0n) is 8.60. The summed E-state index contributed by atoms with van der Waals surface area (Å²) >= 11 is 0. The molecule has 2 unspecified atom stereocenters. The minimum absolute atomic E-state index is 0.196. The maximum Gasteiger partial charge on any atom is 0.220 e. The molecule has 0 aromatic heterocycles. The van der Waals surface area contributed by atoms with E-state index in [1.807, 2.05) is 0 Å². The second kappa shape index (κ2) is 5.22. The van der Waals surface area contributed by atoms with Gasteiger partial charge in [-0.3, -0.25) is 4.79 Å². The van der Waals surface area contributed by atoms with Crippen molar-refractivity contribution in [1.82, 2.24) is 10.6 Å². The smallest absolute Gasteiger partial charge is 0.220 e. The highest BCUT2D eigenvalue weighted by Gasteiger charge is 2.18. The van der Waals surface area contributed by atoms with Crippen molar-refractivity contribution in [2.24, 2.45) is 0 Å². The molecule has 1 saturated heterocycles. The quantitative estimate of drug-likeness (QED) is 0.685. The summed E-state index contributed by atoms with van der Waals surface area (Å²) in [6, 6.07) is 1.06. The van der Waals surface area contributed by atoms with Crippen LogP contribution in [0.4, 0.5) is 0 Å². The van der Waals surface area contributed by atoms with E-state index in [-0.39, 0.29) is 5.91 Å². The molecule has 0 aromatic carbocycles. The molecule has 1 amide bonds. The minimum Gasteiger partial charge on any atom is -0.355 e. The molecule has 13 heavy (non-hydrogen) atoms. The molecule has 0 bridgehead atoms. The van der Waals surface area contributed by atoms with Crippen LogP contribution in [0.5, 0.6) is 0 Å². The Morgan fingerprint density at radius 3 is 3.00 bits per heavy atom. The number of hydrogen-bond acceptors (Lipinski definition) is 2. The molecule has 0 aromatic rings. The Labute approximate surface area is 80.3 Å². The Morgan fingerprint density at radius 2 is 2.46 bits per heavy atom. The largest absolute Gasteiger partial charge is 0.355 e. The van der Waals surface area contributed by atoms with E-state index in [4.69, 9.17) is 0 Å². The Balaban J connectivity index is 2.18. The fourth-order valence-electron chi connectivity index (χ4n) is 1.79. The third-order valence-corrected chi connectivity index (χ3v) is 2.51. The average molecular weight is 184 g/mol. The standard InChI is InChI=1S/C10H20N2O/c1-3-4-8(2)12-9-5-6-10(13)11-7-9/h8-9,12H,3-7H2,1-2H3,(H,11,13). The summed E-state index contributed by atoms with van der Waals surface area (Å²) in [6.07, 6.45) is 4.09. The van der Waals surface area contributed by atoms with Crippen molar-refractivity contribution < 1.29 is 4.79 Å². The van der Waals surface area contributed by atoms with Gasteiger partial charge in [-0.25, -0.2) is 0 Å². The predicted molar refractivity (Wildman–Crippen MR) is 53.5 cm³/mol. The molecule has 3 heteroatoms. The summed E-state index contributed by atoms with van der Waals surface area (Å²) in [5.74, 6) is 0.196. The van der Waals surface area contributed by atoms with Gasteiger partial charge in [-0.1, -0.05) is 13.3 Å². The van der Waals surface area contributed by atoms with E-state index < -0.39 is 0 Å². The molecule has 76 valence electrons. The molecule has 2 N–H and O–H groups in total. The first-order valence-corrected chi connectivity index (χ1v) is 5.25. The number of piperidine rings is 1. The Hall–Kier alpha value is -0.570. The van der Waals surface area contributed by atoms with Crippen LogP contribution in [-0.2, 0) is 4.79 Å². The fraction of sp³-hybridized carbons (Fsp3) is 0.900. The van der Waals surface area contributed by atoms with Crippen molar-refractivity contribution in [3.63, 3.8) is 0 Å². The van der Waals surface area contributed by atoms with Gasteiger partial charge in [0.05, 0.1) is 0 Å².